The van der Waals surface area contributed by atoms with Crippen LogP contribution < -0.4 is 30.2 Å². The number of carbonyl (C=O) groups is 3. The molecule has 178 valence electrons. The van der Waals surface area contributed by atoms with Gasteiger partial charge >= 0.3 is 12.2 Å². The average Bonchev–Trinajstić information content (AvgIpc) is 2.76. The highest BCUT2D eigenvalue weighted by molar-refractivity contribution is 5.94. The minimum Gasteiger partial charge on any atom is -0.494 e. The minimum absolute atomic E-state index is 0. The van der Waals surface area contributed by atoms with Crippen molar-refractivity contribution in [3.05, 3.63) is 54.1 Å². The second-order valence-electron chi connectivity index (χ2n) is 5.57. The van der Waals surface area contributed by atoms with Crippen LogP contribution in [0.2, 0.25) is 0 Å². The first kappa shape index (κ1) is 30.4. The standard InChI is InChI=1S/C11H14N2O3.C10H13NO3.2CH4/c1-3-13-10(14)8-4-6-9(7-5-8)16-11(15)12-2;1-3-13-8-4-6-9(7-5-8)14-10(12)11-2;;/h4-7H,3H2,1-2H3,(H,12,15)(H,13,14);4-7H,3H2,1-2H3,(H,11,12);2*1H4. The summed E-state index contributed by atoms with van der Waals surface area (Å²) in [6.07, 6.45) is -1.01. The molecule has 0 heterocycles. The summed E-state index contributed by atoms with van der Waals surface area (Å²) in [5, 5.41) is 7.37. The lowest BCUT2D eigenvalue weighted by Crippen LogP contribution is -2.23. The number of hydrogen-bond acceptors (Lipinski definition) is 6. The summed E-state index contributed by atoms with van der Waals surface area (Å²) in [7, 11) is 2.99. The largest absolute Gasteiger partial charge is 0.494 e. The van der Waals surface area contributed by atoms with Crippen molar-refractivity contribution in [2.75, 3.05) is 27.2 Å². The average molecular weight is 450 g/mol. The molecular formula is C23H35N3O6. The molecule has 32 heavy (non-hydrogen) atoms. The molecule has 2 aromatic rings. The van der Waals surface area contributed by atoms with E-state index in [1.54, 1.807) is 48.5 Å². The van der Waals surface area contributed by atoms with Crippen LogP contribution in [0, 0.1) is 0 Å². The summed E-state index contributed by atoms with van der Waals surface area (Å²) in [6.45, 7) is 4.96. The summed E-state index contributed by atoms with van der Waals surface area (Å²) in [5.74, 6) is 1.51. The lowest BCUT2D eigenvalue weighted by molar-refractivity contribution is 0.0955. The van der Waals surface area contributed by atoms with Gasteiger partial charge in [-0.25, -0.2) is 9.59 Å². The van der Waals surface area contributed by atoms with Crippen molar-refractivity contribution >= 4 is 18.1 Å². The van der Waals surface area contributed by atoms with Gasteiger partial charge in [0.15, 0.2) is 0 Å². The maximum absolute atomic E-state index is 11.4. The number of nitrogens with one attached hydrogen (secondary N) is 3. The molecule has 9 heteroatoms. The molecule has 3 N–H and O–H groups in total. The van der Waals surface area contributed by atoms with Crippen LogP contribution in [0.3, 0.4) is 0 Å². The normalized spacial score (nSPS) is 8.75. The lowest BCUT2D eigenvalue weighted by Gasteiger charge is -2.05. The number of amides is 3. The SMILES string of the molecule is C.C.CCNC(=O)c1ccc(OC(=O)NC)cc1.CCOc1ccc(OC(=O)NC)cc1. The topological polar surface area (TPSA) is 115 Å². The molecule has 0 fully saturated rings. The number of hydrogen-bond donors (Lipinski definition) is 3. The smallest absolute Gasteiger partial charge is 0.412 e. The molecule has 0 bridgehead atoms. The van der Waals surface area contributed by atoms with Gasteiger partial charge < -0.3 is 30.2 Å². The van der Waals surface area contributed by atoms with Gasteiger partial charge in [0.2, 0.25) is 0 Å². The van der Waals surface area contributed by atoms with Gasteiger partial charge in [0.25, 0.3) is 5.91 Å². The van der Waals surface area contributed by atoms with Gasteiger partial charge in [-0.15, -0.1) is 0 Å². The van der Waals surface area contributed by atoms with Gasteiger partial charge in [0.1, 0.15) is 17.2 Å². The van der Waals surface area contributed by atoms with E-state index in [9.17, 15) is 14.4 Å². The van der Waals surface area contributed by atoms with Crippen LogP contribution in [-0.2, 0) is 0 Å². The van der Waals surface area contributed by atoms with Crippen molar-refractivity contribution in [1.82, 2.24) is 16.0 Å². The van der Waals surface area contributed by atoms with Gasteiger partial charge in [0.05, 0.1) is 6.61 Å². The summed E-state index contributed by atoms with van der Waals surface area (Å²) in [6, 6.07) is 13.2. The molecule has 0 aromatic heterocycles. The second-order valence-corrected chi connectivity index (χ2v) is 5.57. The molecule has 2 rings (SSSR count). The Morgan fingerprint density at radius 2 is 1.12 bits per heavy atom. The number of carbonyl (C=O) groups excluding carboxylic acids is 3. The highest BCUT2D eigenvalue weighted by Gasteiger charge is 2.05. The first-order valence-electron chi connectivity index (χ1n) is 9.33. The van der Waals surface area contributed by atoms with Crippen molar-refractivity contribution in [3.63, 3.8) is 0 Å². The molecule has 2 aromatic carbocycles. The van der Waals surface area contributed by atoms with Crippen LogP contribution in [0.5, 0.6) is 17.2 Å². The van der Waals surface area contributed by atoms with Crippen LogP contribution in [0.1, 0.15) is 39.1 Å². The fourth-order valence-corrected chi connectivity index (χ4v) is 2.02. The van der Waals surface area contributed by atoms with E-state index in [2.05, 4.69) is 16.0 Å². The van der Waals surface area contributed by atoms with Crippen LogP contribution in [-0.4, -0.2) is 45.3 Å². The zero-order chi connectivity index (χ0) is 22.4. The van der Waals surface area contributed by atoms with Crippen molar-refractivity contribution in [2.24, 2.45) is 0 Å². The third-order valence-electron chi connectivity index (χ3n) is 3.42. The van der Waals surface area contributed by atoms with Crippen molar-refractivity contribution in [3.8, 4) is 17.2 Å². The van der Waals surface area contributed by atoms with Crippen molar-refractivity contribution in [2.45, 2.75) is 28.7 Å². The van der Waals surface area contributed by atoms with Crippen LogP contribution in [0.25, 0.3) is 0 Å². The summed E-state index contributed by atoms with van der Waals surface area (Å²) in [4.78, 5) is 33.1. The molecule has 0 aliphatic rings. The predicted molar refractivity (Wildman–Crippen MR) is 126 cm³/mol. The summed E-state index contributed by atoms with van der Waals surface area (Å²) in [5.41, 5.74) is 0.533. The van der Waals surface area contributed by atoms with Crippen molar-refractivity contribution < 1.29 is 28.6 Å². The lowest BCUT2D eigenvalue weighted by atomic mass is 10.2. The first-order chi connectivity index (χ1) is 14.4. The Bertz CT molecular complexity index is 807. The van der Waals surface area contributed by atoms with E-state index in [0.717, 1.165) is 5.75 Å². The maximum Gasteiger partial charge on any atom is 0.412 e. The molecule has 0 radical (unpaired) electrons. The fourth-order valence-electron chi connectivity index (χ4n) is 2.02. The van der Waals surface area contributed by atoms with Gasteiger partial charge in [-0.05, 0) is 62.4 Å². The second kappa shape index (κ2) is 17.0. The van der Waals surface area contributed by atoms with Crippen molar-refractivity contribution in [1.29, 1.82) is 0 Å². The molecule has 0 atom stereocenters. The third kappa shape index (κ3) is 11.4. The Balaban J connectivity index is 0. The van der Waals surface area contributed by atoms with Gasteiger partial charge in [0, 0.05) is 26.2 Å². The van der Waals surface area contributed by atoms with Gasteiger partial charge in [-0.2, -0.15) is 0 Å². The fraction of sp³-hybridized carbons (Fsp3) is 0.348. The molecule has 3 amide bonds. The van der Waals surface area contributed by atoms with Gasteiger partial charge in [-0.1, -0.05) is 14.9 Å². The van der Waals surface area contributed by atoms with E-state index in [1.165, 1.54) is 14.1 Å². The molecule has 0 aliphatic carbocycles. The van der Waals surface area contributed by atoms with E-state index < -0.39 is 12.2 Å². The maximum atomic E-state index is 11.4. The predicted octanol–water partition coefficient (Wildman–Crippen LogP) is 4.23. The quantitative estimate of drug-likeness (QED) is 0.608. The molecule has 0 aliphatic heterocycles. The molecular weight excluding hydrogens is 414 g/mol. The van der Waals surface area contributed by atoms with Crippen LogP contribution in [0.4, 0.5) is 9.59 Å². The van der Waals surface area contributed by atoms with Crippen LogP contribution >= 0.6 is 0 Å². The van der Waals surface area contributed by atoms with E-state index in [0.29, 0.717) is 30.2 Å². The molecule has 0 unspecified atom stereocenters. The highest BCUT2D eigenvalue weighted by atomic mass is 16.6. The minimum atomic E-state index is -0.536. The van der Waals surface area contributed by atoms with E-state index in [4.69, 9.17) is 14.2 Å². The monoisotopic (exact) mass is 449 g/mol. The molecule has 9 nitrogen and oxygen atoms in total. The zero-order valence-corrected chi connectivity index (χ0v) is 17.5. The Labute approximate surface area is 190 Å². The van der Waals surface area contributed by atoms with E-state index in [1.807, 2.05) is 13.8 Å². The Kier molecular flexibility index (Phi) is 16.2. The van der Waals surface area contributed by atoms with E-state index in [-0.39, 0.29) is 20.8 Å². The number of rotatable bonds is 6. The Morgan fingerprint density at radius 3 is 1.50 bits per heavy atom. The molecule has 0 saturated heterocycles. The Morgan fingerprint density at radius 1 is 0.719 bits per heavy atom. The third-order valence-corrected chi connectivity index (χ3v) is 3.42. The summed E-state index contributed by atoms with van der Waals surface area (Å²) >= 11 is 0. The zero-order valence-electron chi connectivity index (χ0n) is 17.5. The van der Waals surface area contributed by atoms with Crippen LogP contribution in [0.15, 0.2) is 48.5 Å². The number of ether oxygens (including phenoxy) is 3. The first-order valence-corrected chi connectivity index (χ1v) is 9.33. The Hall–Kier alpha value is -3.75. The number of benzene rings is 2. The molecule has 0 spiro atoms. The summed E-state index contributed by atoms with van der Waals surface area (Å²) < 4.78 is 15.0. The molecule has 0 saturated carbocycles. The van der Waals surface area contributed by atoms with Gasteiger partial charge in [-0.3, -0.25) is 4.79 Å². The highest BCUT2D eigenvalue weighted by Crippen LogP contribution is 2.17. The van der Waals surface area contributed by atoms with E-state index >= 15 is 0 Å².